The molecule has 8 aromatic heterocycles. The van der Waals surface area contributed by atoms with Gasteiger partial charge in [-0.15, -0.1) is 6.42 Å². The van der Waals surface area contributed by atoms with Crippen LogP contribution in [0.25, 0.3) is 44.6 Å². The fourth-order valence-corrected chi connectivity index (χ4v) is 8.02. The van der Waals surface area contributed by atoms with Gasteiger partial charge in [0.05, 0.1) is 15.6 Å². The number of nitrogen functional groups attached to an aromatic ring is 3. The number of hydrogen-bond acceptors (Lipinski definition) is 16. The highest BCUT2D eigenvalue weighted by Gasteiger charge is 2.14. The molecule has 11 N–H and O–H groups in total. The molecule has 0 atom stereocenters. The second-order valence-electron chi connectivity index (χ2n) is 18.9. The number of aryl methyl sites for hydroxylation is 4. The first-order valence-electron chi connectivity index (χ1n) is 27.8. The zero-order valence-corrected chi connectivity index (χ0v) is 52.6. The van der Waals surface area contributed by atoms with Gasteiger partial charge in [-0.25, -0.2) is 19.9 Å². The van der Waals surface area contributed by atoms with Gasteiger partial charge in [0.25, 0.3) is 5.91 Å². The molecule has 0 fully saturated rings. The lowest BCUT2D eigenvalue weighted by Gasteiger charge is -2.03. The van der Waals surface area contributed by atoms with Crippen LogP contribution in [0, 0.1) is 51.9 Å². The number of nitrogens with one attached hydrogen (secondary N) is 5. The van der Waals surface area contributed by atoms with Crippen molar-refractivity contribution in [2.75, 3.05) is 22.5 Å². The summed E-state index contributed by atoms with van der Waals surface area (Å²) in [6.45, 7) is 11.9. The third kappa shape index (κ3) is 23.7. The van der Waals surface area contributed by atoms with Crippen LogP contribution in [-0.4, -0.2) is 74.7 Å². The minimum atomic E-state index is -0.230. The number of carbonyl (C=O) groups is 1. The molecule has 0 saturated carbocycles. The van der Waals surface area contributed by atoms with Gasteiger partial charge in [-0.1, -0.05) is 129 Å². The van der Waals surface area contributed by atoms with Crippen molar-refractivity contribution in [3.05, 3.63) is 249 Å². The summed E-state index contributed by atoms with van der Waals surface area (Å²) < 4.78 is 0.881. The van der Waals surface area contributed by atoms with Gasteiger partial charge in [0.2, 0.25) is 0 Å². The van der Waals surface area contributed by atoms with Crippen LogP contribution in [0.3, 0.4) is 0 Å². The number of aromatic nitrogens is 10. The van der Waals surface area contributed by atoms with E-state index in [4.69, 9.17) is 52.4 Å². The highest BCUT2D eigenvalue weighted by molar-refractivity contribution is 9.10. The van der Waals surface area contributed by atoms with E-state index in [1.54, 1.807) is 24.8 Å². The predicted octanol–water partition coefficient (Wildman–Crippen LogP) is 12.2. The highest BCUT2D eigenvalue weighted by atomic mass is 79.9. The first-order valence-corrected chi connectivity index (χ1v) is 28.6. The number of hydrogen-bond donors (Lipinski definition) is 8. The summed E-state index contributed by atoms with van der Waals surface area (Å²) in [4.78, 5) is 84.6. The monoisotopic (exact) mass is 1290 g/mol. The highest BCUT2D eigenvalue weighted by Crippen LogP contribution is 2.25. The van der Waals surface area contributed by atoms with Crippen LogP contribution in [0.2, 0.25) is 0 Å². The molecule has 0 aliphatic carbocycles. The summed E-state index contributed by atoms with van der Waals surface area (Å²) in [7, 11) is 0. The third-order valence-corrected chi connectivity index (χ3v) is 13.5. The van der Waals surface area contributed by atoms with Crippen LogP contribution in [0.5, 0.6) is 0 Å². The summed E-state index contributed by atoms with van der Waals surface area (Å²) in [5.41, 5.74) is 32.2. The quantitative estimate of drug-likeness (QED) is 0.0717. The van der Waals surface area contributed by atoms with Crippen LogP contribution in [0.4, 0.5) is 23.3 Å². The molecule has 12 aromatic rings. The topological polar surface area (TPSA) is 350 Å². The third-order valence-electron chi connectivity index (χ3n) is 12.8. The Bertz CT molecular complexity index is 4380. The summed E-state index contributed by atoms with van der Waals surface area (Å²) in [6.07, 6.45) is 14.7. The number of amides is 1. The molecule has 8 heterocycles. The van der Waals surface area contributed by atoms with Gasteiger partial charge in [0.15, 0.2) is 5.82 Å². The number of H-pyrrole nitrogens is 4. The molecule has 1 amide bonds. The Morgan fingerprint density at radius 3 is 1.45 bits per heavy atom. The number of pyridine rings is 4. The van der Waals surface area contributed by atoms with Crippen LogP contribution in [0.1, 0.15) is 74.5 Å². The van der Waals surface area contributed by atoms with E-state index in [1.807, 2.05) is 167 Å². The fourth-order valence-electron chi connectivity index (χ4n) is 7.62. The standard InChI is InChI=1S/C19H17N5O.C15H14N2.C13H10N2.C8H6.C7H9BrN2.C5H9N3.3CO2/c1-11-12(2)23-24-17(11)22-19(25)15-8-14-9-16(21-18(14)20-10-15)13-6-4-3-5-7-13;1-2-12-10-14(15(16)17-11-12)9-8-13-6-4-3-5-7-13;1-2-5-10(6-3-1)12-9-11-7-4-8-14-13(11)15-12;1-2-8-6-4-3-5-7-8;1-2-5-3-6(8)7(9)10-4-5;1-3-4(2)7-8-5(3)6;3*2-1-3/h3-10H,1-2H3,(H,20,21)(H2,22,23,24,25);3-7,10-11H,2H2,1H3,(H2,16,17);1-9H,(H,14,15);1,3-7H;3-4H,2H2,1H3,(H2,9,10);1-2H3,(H3,6,7,8);;;. The molecule has 464 valence electrons. The Hall–Kier alpha value is -12.4. The Balaban J connectivity index is 0.000000239. The summed E-state index contributed by atoms with van der Waals surface area (Å²) >= 11 is 3.30. The summed E-state index contributed by atoms with van der Waals surface area (Å²) in [5, 5.41) is 18.4. The van der Waals surface area contributed by atoms with Crippen molar-refractivity contribution >= 4 is 85.6 Å². The lowest BCUT2D eigenvalue weighted by atomic mass is 10.1. The Morgan fingerprint density at radius 2 is 1.00 bits per heavy atom. The molecular formula is C70H65BrN14O7. The van der Waals surface area contributed by atoms with Gasteiger partial charge in [-0.2, -0.15) is 39.0 Å². The molecule has 0 unspecified atom stereocenters. The second-order valence-corrected chi connectivity index (χ2v) is 19.8. The lowest BCUT2D eigenvalue weighted by Crippen LogP contribution is -2.13. The maximum atomic E-state index is 12.5. The number of benzene rings is 4. The maximum Gasteiger partial charge on any atom is 0.373 e. The lowest BCUT2D eigenvalue weighted by molar-refractivity contribution is -0.193. The molecule has 92 heavy (non-hydrogen) atoms. The molecule has 12 rings (SSSR count). The summed E-state index contributed by atoms with van der Waals surface area (Å²) in [5.74, 6) is 10.6. The average Bonchev–Trinajstić information content (AvgIpc) is 1.88. The number of rotatable bonds is 6. The average molecular weight is 1290 g/mol. The first kappa shape index (κ1) is 72.1. The van der Waals surface area contributed by atoms with Crippen molar-refractivity contribution in [1.29, 1.82) is 0 Å². The normalized spacial score (nSPS) is 9.33. The molecule has 22 heteroatoms. The maximum absolute atomic E-state index is 12.5. The Morgan fingerprint density at radius 1 is 0.522 bits per heavy atom. The number of aromatic amines is 4. The molecular weight excluding hydrogens is 1230 g/mol. The number of fused-ring (bicyclic) bond motifs is 2. The Labute approximate surface area is 539 Å². The molecule has 0 spiro atoms. The number of terminal acetylenes is 1. The van der Waals surface area contributed by atoms with E-state index < -0.39 is 0 Å². The second kappa shape index (κ2) is 39.4. The van der Waals surface area contributed by atoms with E-state index in [2.05, 4.69) is 127 Å². The minimum Gasteiger partial charge on any atom is -0.383 e. The molecule has 0 aliphatic rings. The van der Waals surface area contributed by atoms with Crippen molar-refractivity contribution in [1.82, 2.24) is 50.3 Å². The number of halogens is 1. The van der Waals surface area contributed by atoms with Crippen molar-refractivity contribution in [3.63, 3.8) is 0 Å². The molecule has 0 radical (unpaired) electrons. The van der Waals surface area contributed by atoms with Crippen LogP contribution in [-0.2, 0) is 41.6 Å². The smallest absolute Gasteiger partial charge is 0.373 e. The van der Waals surface area contributed by atoms with Crippen LogP contribution >= 0.6 is 15.9 Å². The van der Waals surface area contributed by atoms with Gasteiger partial charge in [-0.05, 0) is 145 Å². The molecule has 0 aliphatic heterocycles. The zero-order valence-electron chi connectivity index (χ0n) is 51.0. The number of nitrogens with two attached hydrogens (primary N) is 3. The van der Waals surface area contributed by atoms with Gasteiger partial charge in [0.1, 0.15) is 28.7 Å². The largest absolute Gasteiger partial charge is 0.383 e. The Kier molecular flexibility index (Phi) is 30.9. The zero-order chi connectivity index (χ0) is 67.2. The van der Waals surface area contributed by atoms with Crippen molar-refractivity contribution < 1.29 is 33.6 Å². The van der Waals surface area contributed by atoms with E-state index in [1.165, 1.54) is 11.1 Å². The molecule has 0 bridgehead atoms. The van der Waals surface area contributed by atoms with Crippen molar-refractivity contribution in [2.24, 2.45) is 0 Å². The molecule has 21 nitrogen and oxygen atoms in total. The van der Waals surface area contributed by atoms with E-state index in [0.29, 0.717) is 28.8 Å². The van der Waals surface area contributed by atoms with Crippen LogP contribution in [0.15, 0.2) is 193 Å². The predicted molar refractivity (Wildman–Crippen MR) is 357 cm³/mol. The van der Waals surface area contributed by atoms with Crippen molar-refractivity contribution in [3.8, 4) is 46.7 Å². The number of carbonyl (C=O) groups excluding carboxylic acids is 7. The summed E-state index contributed by atoms with van der Waals surface area (Å²) in [6, 6.07) is 53.7. The van der Waals surface area contributed by atoms with Crippen LogP contribution < -0.4 is 22.5 Å². The van der Waals surface area contributed by atoms with Gasteiger partial charge < -0.3 is 32.5 Å². The van der Waals surface area contributed by atoms with Gasteiger partial charge >= 0.3 is 18.5 Å². The van der Waals surface area contributed by atoms with E-state index >= 15 is 0 Å². The molecule has 4 aromatic carbocycles. The first-order chi connectivity index (χ1) is 44.5. The van der Waals surface area contributed by atoms with E-state index in [-0.39, 0.29) is 24.4 Å². The molecule has 0 saturated heterocycles. The van der Waals surface area contributed by atoms with E-state index in [9.17, 15) is 4.79 Å². The minimum absolute atomic E-state index is 0.230. The van der Waals surface area contributed by atoms with Gasteiger partial charge in [-0.3, -0.25) is 15.0 Å². The van der Waals surface area contributed by atoms with Crippen molar-refractivity contribution in [2.45, 2.75) is 54.4 Å². The fraction of sp³-hybridized carbons (Fsp3) is 0.114. The SMILES string of the molecule is C#Cc1ccccc1.CCc1cnc(N)c(Br)c1.CCc1cnc(N)c(C#Cc2ccccc2)c1.Cc1[nH]nc(N)c1C.Cc1[nH]nc(NC(=O)c2cnc3[nH]c(-c4ccccc4)cc3c2)c1C.O=C=O.O=C=O.O=C=O.c1ccc(-c2cc3cccnc3[nH]2)cc1. The number of anilines is 4. The van der Waals surface area contributed by atoms with E-state index in [0.717, 1.165) is 101 Å². The number of nitrogens with zero attached hydrogens (tertiary/aromatic N) is 6. The van der Waals surface area contributed by atoms with Gasteiger partial charge in [0, 0.05) is 80.6 Å².